The summed E-state index contributed by atoms with van der Waals surface area (Å²) in [5.74, 6) is -0.959. The maximum absolute atomic E-state index is 11.3. The number of hydrogen-bond donors (Lipinski definition) is 1. The van der Waals surface area contributed by atoms with Crippen LogP contribution in [-0.4, -0.2) is 34.0 Å². The normalized spacial score (nSPS) is 17.1. The molecule has 1 aromatic heterocycles. The summed E-state index contributed by atoms with van der Waals surface area (Å²) < 4.78 is 0. The number of nitrogens with zero attached hydrogens (tertiary/aromatic N) is 2. The number of rotatable bonds is 4. The van der Waals surface area contributed by atoms with E-state index in [2.05, 4.69) is 22.0 Å². The molecule has 1 N–H and O–H groups in total. The SMILES string of the molecule is O=C(O)C1CCN(C(c2cnc3ccccc3c2)c2ccccc2Cl)CC1. The first-order valence-electron chi connectivity index (χ1n) is 9.19. The molecule has 27 heavy (non-hydrogen) atoms. The van der Waals surface area contributed by atoms with Crippen molar-refractivity contribution in [1.82, 2.24) is 9.88 Å². The van der Waals surface area contributed by atoms with Crippen molar-refractivity contribution in [3.8, 4) is 0 Å². The lowest BCUT2D eigenvalue weighted by atomic mass is 9.91. The summed E-state index contributed by atoms with van der Waals surface area (Å²) in [5.41, 5.74) is 3.07. The Balaban J connectivity index is 1.74. The molecular formula is C22H21ClN2O2. The Bertz CT molecular complexity index is 967. The molecule has 0 spiro atoms. The number of aliphatic carboxylic acids is 1. The molecule has 2 heterocycles. The number of carbonyl (C=O) groups is 1. The number of fused-ring (bicyclic) bond motifs is 1. The van der Waals surface area contributed by atoms with Gasteiger partial charge in [0.1, 0.15) is 0 Å². The molecule has 0 saturated carbocycles. The first kappa shape index (κ1) is 18.0. The van der Waals surface area contributed by atoms with Crippen LogP contribution in [0.25, 0.3) is 10.9 Å². The highest BCUT2D eigenvalue weighted by atomic mass is 35.5. The predicted octanol–water partition coefficient (Wildman–Crippen LogP) is 4.77. The van der Waals surface area contributed by atoms with Crippen LogP contribution in [0.3, 0.4) is 0 Å². The zero-order chi connectivity index (χ0) is 18.8. The van der Waals surface area contributed by atoms with Crippen LogP contribution in [-0.2, 0) is 4.79 Å². The number of para-hydroxylation sites is 1. The fraction of sp³-hybridized carbons (Fsp3) is 0.273. The summed E-state index contributed by atoms with van der Waals surface area (Å²) in [6.07, 6.45) is 3.22. The summed E-state index contributed by atoms with van der Waals surface area (Å²) in [6, 6.07) is 18.1. The van der Waals surface area contributed by atoms with Gasteiger partial charge >= 0.3 is 5.97 Å². The molecule has 1 atom stereocenters. The van der Waals surface area contributed by atoms with Gasteiger partial charge < -0.3 is 5.11 Å². The van der Waals surface area contributed by atoms with Gasteiger partial charge in [-0.2, -0.15) is 0 Å². The van der Waals surface area contributed by atoms with Crippen molar-refractivity contribution in [2.75, 3.05) is 13.1 Å². The number of benzene rings is 2. The first-order valence-corrected chi connectivity index (χ1v) is 9.57. The molecule has 3 aromatic rings. The fourth-order valence-corrected chi connectivity index (χ4v) is 4.17. The van der Waals surface area contributed by atoms with Crippen LogP contribution in [0.2, 0.25) is 5.02 Å². The van der Waals surface area contributed by atoms with Gasteiger partial charge in [0.25, 0.3) is 0 Å². The summed E-state index contributed by atoms with van der Waals surface area (Å²) in [7, 11) is 0. The van der Waals surface area contributed by atoms with Crippen molar-refractivity contribution in [2.45, 2.75) is 18.9 Å². The van der Waals surface area contributed by atoms with Crippen LogP contribution in [0.5, 0.6) is 0 Å². The van der Waals surface area contributed by atoms with Gasteiger partial charge in [-0.25, -0.2) is 0 Å². The molecule has 1 fully saturated rings. The Kier molecular flexibility index (Phi) is 5.10. The van der Waals surface area contributed by atoms with E-state index in [-0.39, 0.29) is 12.0 Å². The van der Waals surface area contributed by atoms with E-state index in [0.29, 0.717) is 12.8 Å². The van der Waals surface area contributed by atoms with Gasteiger partial charge in [0.2, 0.25) is 0 Å². The monoisotopic (exact) mass is 380 g/mol. The predicted molar refractivity (Wildman–Crippen MR) is 107 cm³/mol. The second kappa shape index (κ2) is 7.67. The molecule has 4 rings (SSSR count). The fourth-order valence-electron chi connectivity index (χ4n) is 3.93. The van der Waals surface area contributed by atoms with Crippen molar-refractivity contribution in [3.63, 3.8) is 0 Å². The van der Waals surface area contributed by atoms with Gasteiger partial charge in [-0.15, -0.1) is 0 Å². The van der Waals surface area contributed by atoms with Crippen LogP contribution in [0.1, 0.15) is 30.0 Å². The molecule has 4 nitrogen and oxygen atoms in total. The third-order valence-corrected chi connectivity index (χ3v) is 5.72. The van der Waals surface area contributed by atoms with Gasteiger partial charge in [-0.1, -0.05) is 48.0 Å². The standard InChI is InChI=1S/C22H21ClN2O2/c23-19-7-3-2-6-18(19)21(25-11-9-15(10-12-25)22(26)27)17-13-16-5-1-4-8-20(16)24-14-17/h1-8,13-15,21H,9-12H2,(H,26,27). The third kappa shape index (κ3) is 3.68. The minimum Gasteiger partial charge on any atom is -0.481 e. The Morgan fingerprint density at radius 1 is 1.11 bits per heavy atom. The summed E-state index contributed by atoms with van der Waals surface area (Å²) in [5, 5.41) is 11.1. The van der Waals surface area contributed by atoms with E-state index in [1.807, 2.05) is 48.7 Å². The summed E-state index contributed by atoms with van der Waals surface area (Å²) in [4.78, 5) is 18.3. The molecule has 0 amide bonds. The van der Waals surface area contributed by atoms with E-state index in [4.69, 9.17) is 11.6 Å². The molecule has 1 aliphatic rings. The quantitative estimate of drug-likeness (QED) is 0.708. The Labute approximate surface area is 163 Å². The lowest BCUT2D eigenvalue weighted by molar-refractivity contribution is -0.143. The summed E-state index contributed by atoms with van der Waals surface area (Å²) in [6.45, 7) is 1.44. The van der Waals surface area contributed by atoms with Crippen molar-refractivity contribution in [3.05, 3.63) is 76.9 Å². The van der Waals surface area contributed by atoms with E-state index in [0.717, 1.165) is 40.1 Å². The highest BCUT2D eigenvalue weighted by molar-refractivity contribution is 6.31. The van der Waals surface area contributed by atoms with Gasteiger partial charge in [0.05, 0.1) is 17.5 Å². The Morgan fingerprint density at radius 2 is 1.81 bits per heavy atom. The molecule has 1 unspecified atom stereocenters. The van der Waals surface area contributed by atoms with E-state index >= 15 is 0 Å². The lowest BCUT2D eigenvalue weighted by Gasteiger charge is -2.37. The number of hydrogen-bond acceptors (Lipinski definition) is 3. The zero-order valence-corrected chi connectivity index (χ0v) is 15.6. The van der Waals surface area contributed by atoms with E-state index < -0.39 is 5.97 Å². The molecule has 5 heteroatoms. The second-order valence-electron chi connectivity index (χ2n) is 7.03. The van der Waals surface area contributed by atoms with Crippen molar-refractivity contribution in [1.29, 1.82) is 0 Å². The summed E-state index contributed by atoms with van der Waals surface area (Å²) >= 11 is 6.54. The number of pyridine rings is 1. The van der Waals surface area contributed by atoms with Crippen molar-refractivity contribution >= 4 is 28.5 Å². The average molecular weight is 381 g/mol. The minimum absolute atomic E-state index is 0.0365. The maximum Gasteiger partial charge on any atom is 0.306 e. The van der Waals surface area contributed by atoms with Crippen molar-refractivity contribution < 1.29 is 9.90 Å². The number of likely N-dealkylation sites (tertiary alicyclic amines) is 1. The number of halogens is 1. The lowest BCUT2D eigenvalue weighted by Crippen LogP contribution is -2.39. The van der Waals surface area contributed by atoms with Crippen LogP contribution < -0.4 is 0 Å². The minimum atomic E-state index is -0.698. The maximum atomic E-state index is 11.3. The molecule has 138 valence electrons. The smallest absolute Gasteiger partial charge is 0.306 e. The molecule has 1 aliphatic heterocycles. The van der Waals surface area contributed by atoms with Crippen LogP contribution in [0.4, 0.5) is 0 Å². The van der Waals surface area contributed by atoms with E-state index in [1.54, 1.807) is 0 Å². The number of carboxylic acids is 1. The number of carboxylic acid groups (broad SMARTS) is 1. The molecule has 0 aliphatic carbocycles. The first-order chi connectivity index (χ1) is 13.1. The molecule has 0 bridgehead atoms. The third-order valence-electron chi connectivity index (χ3n) is 5.37. The average Bonchev–Trinajstić information content (AvgIpc) is 2.70. The van der Waals surface area contributed by atoms with Gasteiger partial charge in [-0.3, -0.25) is 14.7 Å². The Hall–Kier alpha value is -2.43. The largest absolute Gasteiger partial charge is 0.481 e. The van der Waals surface area contributed by atoms with E-state index in [9.17, 15) is 9.90 Å². The second-order valence-corrected chi connectivity index (χ2v) is 7.44. The van der Waals surface area contributed by atoms with Crippen LogP contribution in [0.15, 0.2) is 60.8 Å². The van der Waals surface area contributed by atoms with Gasteiger partial charge in [-0.05, 0) is 55.3 Å². The molecule has 0 radical (unpaired) electrons. The molecular weight excluding hydrogens is 360 g/mol. The van der Waals surface area contributed by atoms with Gasteiger partial charge in [0.15, 0.2) is 0 Å². The number of aromatic nitrogens is 1. The van der Waals surface area contributed by atoms with Crippen molar-refractivity contribution in [2.24, 2.45) is 5.92 Å². The molecule has 1 saturated heterocycles. The molecule has 2 aromatic carbocycles. The zero-order valence-electron chi connectivity index (χ0n) is 14.9. The highest BCUT2D eigenvalue weighted by Gasteiger charge is 2.31. The van der Waals surface area contributed by atoms with Gasteiger partial charge in [0, 0.05) is 16.6 Å². The van der Waals surface area contributed by atoms with Crippen LogP contribution >= 0.6 is 11.6 Å². The Morgan fingerprint density at radius 3 is 2.56 bits per heavy atom. The number of piperidine rings is 1. The topological polar surface area (TPSA) is 53.4 Å². The van der Waals surface area contributed by atoms with Crippen LogP contribution in [0, 0.1) is 5.92 Å². The highest BCUT2D eigenvalue weighted by Crippen LogP contribution is 2.36. The van der Waals surface area contributed by atoms with E-state index in [1.165, 1.54) is 0 Å².